The van der Waals surface area contributed by atoms with Gasteiger partial charge in [0, 0.05) is 17.4 Å². The Morgan fingerprint density at radius 3 is 2.67 bits per heavy atom. The van der Waals surface area contributed by atoms with Crippen LogP contribution in [0.1, 0.15) is 11.1 Å². The highest BCUT2D eigenvalue weighted by molar-refractivity contribution is 6.21. The largest absolute Gasteiger partial charge is 0.495 e. The monoisotopic (exact) mass is 361 g/mol. The first-order valence-electron chi connectivity index (χ1n) is 8.17. The number of rotatable bonds is 3. The Morgan fingerprint density at radius 1 is 1.11 bits per heavy atom. The number of aromatic nitrogens is 2. The Morgan fingerprint density at radius 2 is 1.85 bits per heavy atom. The minimum absolute atomic E-state index is 0.0429. The van der Waals surface area contributed by atoms with E-state index in [-0.39, 0.29) is 5.56 Å². The van der Waals surface area contributed by atoms with E-state index in [0.717, 1.165) is 15.8 Å². The van der Waals surface area contributed by atoms with Crippen LogP contribution in [0.25, 0.3) is 17.3 Å². The van der Waals surface area contributed by atoms with Crippen LogP contribution in [0, 0.1) is 0 Å². The van der Waals surface area contributed by atoms with Crippen molar-refractivity contribution in [2.75, 3.05) is 7.11 Å². The summed E-state index contributed by atoms with van der Waals surface area (Å²) in [5.74, 6) is -0.0909. The number of nitrogens with zero attached hydrogens (tertiary/aromatic N) is 2. The summed E-state index contributed by atoms with van der Waals surface area (Å²) in [7, 11) is 1.46. The van der Waals surface area contributed by atoms with Crippen LogP contribution >= 0.6 is 0 Å². The first-order chi connectivity index (χ1) is 13.1. The number of ether oxygens (including phenoxy) is 1. The molecule has 0 saturated heterocycles. The number of aliphatic imine (C=N–C) groups is 1. The Kier molecular flexibility index (Phi) is 3.97. The van der Waals surface area contributed by atoms with Crippen molar-refractivity contribution < 1.29 is 9.84 Å². The minimum Gasteiger partial charge on any atom is -0.495 e. The third kappa shape index (κ3) is 2.75. The lowest BCUT2D eigenvalue weighted by molar-refractivity contribution is 0.401. The lowest BCUT2D eigenvalue weighted by Crippen LogP contribution is -2.30. The predicted molar refractivity (Wildman–Crippen MR) is 103 cm³/mol. The number of benzene rings is 2. The van der Waals surface area contributed by atoms with E-state index in [1.165, 1.54) is 13.2 Å². The van der Waals surface area contributed by atoms with Gasteiger partial charge in [-0.3, -0.25) is 14.8 Å². The molecule has 0 fully saturated rings. The predicted octanol–water partition coefficient (Wildman–Crippen LogP) is 2.50. The van der Waals surface area contributed by atoms with E-state index in [9.17, 15) is 14.7 Å². The van der Waals surface area contributed by atoms with E-state index < -0.39 is 17.1 Å². The molecule has 0 atom stereocenters. The maximum atomic E-state index is 12.4. The molecule has 2 N–H and O–H groups in total. The number of para-hydroxylation sites is 3. The molecular weight excluding hydrogens is 346 g/mol. The Balaban J connectivity index is 1.95. The maximum absolute atomic E-state index is 12.4. The van der Waals surface area contributed by atoms with Gasteiger partial charge in [0.05, 0.1) is 18.5 Å². The van der Waals surface area contributed by atoms with Gasteiger partial charge in [0.1, 0.15) is 11.3 Å². The summed E-state index contributed by atoms with van der Waals surface area (Å²) >= 11 is 0. The topological polar surface area (TPSA) is 96.7 Å². The summed E-state index contributed by atoms with van der Waals surface area (Å²) in [4.78, 5) is 31.2. The van der Waals surface area contributed by atoms with Crippen LogP contribution < -0.4 is 16.0 Å². The molecule has 1 aliphatic rings. The normalized spacial score (nSPS) is 13.7. The van der Waals surface area contributed by atoms with Gasteiger partial charge in [-0.2, -0.15) is 0 Å². The van der Waals surface area contributed by atoms with E-state index in [0.29, 0.717) is 17.0 Å². The molecule has 0 aliphatic carbocycles. The third-order valence-corrected chi connectivity index (χ3v) is 4.30. The number of hydrogen-bond acceptors (Lipinski definition) is 5. The molecule has 0 amide bonds. The van der Waals surface area contributed by atoms with E-state index >= 15 is 0 Å². The van der Waals surface area contributed by atoms with Crippen LogP contribution in [0.15, 0.2) is 63.1 Å². The van der Waals surface area contributed by atoms with Crippen molar-refractivity contribution in [2.24, 2.45) is 4.99 Å². The Hall–Kier alpha value is -3.87. The van der Waals surface area contributed by atoms with Gasteiger partial charge in [0.15, 0.2) is 0 Å². The Labute approximate surface area is 153 Å². The van der Waals surface area contributed by atoms with Crippen molar-refractivity contribution >= 4 is 23.6 Å². The molecule has 7 nitrogen and oxygen atoms in total. The summed E-state index contributed by atoms with van der Waals surface area (Å²) < 4.78 is 6.26. The molecule has 2 aromatic carbocycles. The minimum atomic E-state index is -0.760. The zero-order valence-electron chi connectivity index (χ0n) is 14.3. The fourth-order valence-corrected chi connectivity index (χ4v) is 3.02. The summed E-state index contributed by atoms with van der Waals surface area (Å²) in [6.45, 7) is 0. The molecule has 27 heavy (non-hydrogen) atoms. The van der Waals surface area contributed by atoms with Gasteiger partial charge in [-0.1, -0.05) is 30.3 Å². The number of H-pyrrole nitrogens is 1. The van der Waals surface area contributed by atoms with E-state index in [1.54, 1.807) is 30.5 Å². The number of aromatic hydroxyl groups is 1. The molecule has 3 aromatic rings. The maximum Gasteiger partial charge on any atom is 0.335 e. The van der Waals surface area contributed by atoms with Crippen molar-refractivity contribution in [2.45, 2.75) is 0 Å². The number of methoxy groups -OCH3 is 1. The molecule has 0 bridgehead atoms. The van der Waals surface area contributed by atoms with Gasteiger partial charge >= 0.3 is 5.69 Å². The number of nitrogens with one attached hydrogen (secondary N) is 1. The van der Waals surface area contributed by atoms with Crippen LogP contribution in [0.5, 0.6) is 11.6 Å². The molecule has 0 unspecified atom stereocenters. The second kappa shape index (κ2) is 6.45. The summed E-state index contributed by atoms with van der Waals surface area (Å²) in [6.07, 6.45) is 3.12. The number of aromatic amines is 1. The fourth-order valence-electron chi connectivity index (χ4n) is 3.02. The van der Waals surface area contributed by atoms with Crippen molar-refractivity contribution in [3.8, 4) is 17.3 Å². The summed E-state index contributed by atoms with van der Waals surface area (Å²) in [6, 6.07) is 14.2. The Bertz CT molecular complexity index is 1220. The van der Waals surface area contributed by atoms with E-state index in [2.05, 4.69) is 9.98 Å². The molecule has 1 aliphatic heterocycles. The summed E-state index contributed by atoms with van der Waals surface area (Å²) in [5.41, 5.74) is 1.11. The molecular formula is C20H15N3O4. The SMILES string of the molecule is COc1ccccc1-n1c(O)c(/C=C2/C=Nc3ccccc32)c(=O)[nH]c1=O. The third-order valence-electron chi connectivity index (χ3n) is 4.30. The average Bonchev–Trinajstić information content (AvgIpc) is 3.08. The van der Waals surface area contributed by atoms with Gasteiger partial charge < -0.3 is 9.84 Å². The molecule has 0 saturated carbocycles. The second-order valence-electron chi connectivity index (χ2n) is 5.88. The van der Waals surface area contributed by atoms with Crippen molar-refractivity contribution in [1.82, 2.24) is 9.55 Å². The lowest BCUT2D eigenvalue weighted by atomic mass is 10.1. The zero-order chi connectivity index (χ0) is 19.0. The standard InChI is InChI=1S/C20H15N3O4/c1-27-17-9-5-4-8-16(17)23-19(25)14(18(24)22-20(23)26)10-12-11-21-15-7-3-2-6-13(12)15/h2-11,25H,1H3,(H,22,24,26)/b12-10-. The molecule has 4 rings (SSSR count). The quantitative estimate of drug-likeness (QED) is 0.749. The van der Waals surface area contributed by atoms with Crippen LogP contribution in [0.4, 0.5) is 5.69 Å². The smallest absolute Gasteiger partial charge is 0.335 e. The van der Waals surface area contributed by atoms with E-state index in [4.69, 9.17) is 4.74 Å². The molecule has 0 radical (unpaired) electrons. The molecule has 0 spiro atoms. The second-order valence-corrected chi connectivity index (χ2v) is 5.88. The average molecular weight is 361 g/mol. The van der Waals surface area contributed by atoms with E-state index in [1.807, 2.05) is 24.3 Å². The highest BCUT2D eigenvalue weighted by Crippen LogP contribution is 2.33. The van der Waals surface area contributed by atoms with Crippen molar-refractivity contribution in [3.05, 3.63) is 80.5 Å². The zero-order valence-corrected chi connectivity index (χ0v) is 14.3. The number of fused-ring (bicyclic) bond motifs is 1. The molecule has 2 heterocycles. The molecule has 7 heteroatoms. The first-order valence-corrected chi connectivity index (χ1v) is 8.17. The number of hydrogen-bond donors (Lipinski definition) is 2. The molecule has 134 valence electrons. The highest BCUT2D eigenvalue weighted by Gasteiger charge is 2.19. The van der Waals surface area contributed by atoms with Crippen LogP contribution in [0.2, 0.25) is 0 Å². The van der Waals surface area contributed by atoms with Gasteiger partial charge in [0.2, 0.25) is 5.88 Å². The van der Waals surface area contributed by atoms with Gasteiger partial charge in [-0.05, 0) is 24.3 Å². The fraction of sp³-hybridized carbons (Fsp3) is 0.0500. The van der Waals surface area contributed by atoms with Crippen LogP contribution in [0.3, 0.4) is 0 Å². The van der Waals surface area contributed by atoms with Crippen molar-refractivity contribution in [3.63, 3.8) is 0 Å². The van der Waals surface area contributed by atoms with Crippen LogP contribution in [-0.2, 0) is 0 Å². The van der Waals surface area contributed by atoms with Gasteiger partial charge in [-0.15, -0.1) is 0 Å². The van der Waals surface area contributed by atoms with Crippen LogP contribution in [-0.4, -0.2) is 28.0 Å². The lowest BCUT2D eigenvalue weighted by Gasteiger charge is -2.13. The molecule has 1 aromatic heterocycles. The van der Waals surface area contributed by atoms with Gasteiger partial charge in [0.25, 0.3) is 5.56 Å². The first kappa shape index (κ1) is 16.6. The summed E-state index contributed by atoms with van der Waals surface area (Å²) in [5, 5.41) is 10.7. The number of allylic oxidation sites excluding steroid dienone is 1. The van der Waals surface area contributed by atoms with Gasteiger partial charge in [-0.25, -0.2) is 9.36 Å². The van der Waals surface area contributed by atoms with Crippen molar-refractivity contribution in [1.29, 1.82) is 0 Å². The highest BCUT2D eigenvalue weighted by atomic mass is 16.5.